The molecule has 0 amide bonds. The lowest BCUT2D eigenvalue weighted by atomic mass is 10.3. The van der Waals surface area contributed by atoms with Crippen LogP contribution in [0.3, 0.4) is 0 Å². The van der Waals surface area contributed by atoms with Crippen molar-refractivity contribution in [3.63, 3.8) is 0 Å². The highest BCUT2D eigenvalue weighted by atomic mass is 32.1. The van der Waals surface area contributed by atoms with E-state index in [1.165, 1.54) is 0 Å². The molecule has 0 bridgehead atoms. The van der Waals surface area contributed by atoms with Crippen molar-refractivity contribution in [1.29, 1.82) is 0 Å². The second-order valence-electron chi connectivity index (χ2n) is 2.71. The van der Waals surface area contributed by atoms with Crippen LogP contribution in [0.2, 0.25) is 0 Å². The number of thiazole rings is 1. The molecule has 0 saturated carbocycles. The summed E-state index contributed by atoms with van der Waals surface area (Å²) >= 11 is 1.62. The van der Waals surface area contributed by atoms with Crippen molar-refractivity contribution in [3.8, 4) is 0 Å². The maximum absolute atomic E-state index is 7.82. The number of rotatable bonds is 0. The van der Waals surface area contributed by atoms with Crippen LogP contribution in [0.15, 0.2) is 30.3 Å². The van der Waals surface area contributed by atoms with Crippen LogP contribution < -0.4 is 4.57 Å². The Morgan fingerprint density at radius 1 is 1.42 bits per heavy atom. The molecule has 0 fully saturated rings. The number of nitrogens with zero attached hydrogens (tertiary/aromatic N) is 1. The van der Waals surface area contributed by atoms with E-state index in [0.29, 0.717) is 0 Å². The molecule has 1 nitrogen and oxygen atoms in total. The van der Waals surface area contributed by atoms with Crippen LogP contribution >= 0.6 is 11.3 Å². The third-order valence-corrected chi connectivity index (χ3v) is 3.06. The van der Waals surface area contributed by atoms with E-state index in [1.54, 1.807) is 22.0 Å². The molecule has 0 aliphatic carbocycles. The SMILES string of the molecule is [2H]C1([2H])C=Cc2sc3ccccc3[n+]21. The second-order valence-corrected chi connectivity index (χ2v) is 3.77. The van der Waals surface area contributed by atoms with Gasteiger partial charge in [0.2, 0.25) is 5.52 Å². The third kappa shape index (κ3) is 0.703. The van der Waals surface area contributed by atoms with E-state index < -0.39 is 6.50 Å². The quantitative estimate of drug-likeness (QED) is 0.542. The summed E-state index contributed by atoms with van der Waals surface area (Å²) < 4.78 is 18.5. The van der Waals surface area contributed by atoms with Crippen molar-refractivity contribution >= 4 is 27.6 Å². The summed E-state index contributed by atoms with van der Waals surface area (Å²) in [6.45, 7) is -1.37. The predicted octanol–water partition coefficient (Wildman–Crippen LogP) is 2.22. The van der Waals surface area contributed by atoms with Crippen molar-refractivity contribution in [2.75, 3.05) is 0 Å². The number of hydrogen-bond acceptors (Lipinski definition) is 1. The van der Waals surface area contributed by atoms with E-state index in [0.717, 1.165) is 15.2 Å². The second kappa shape index (κ2) is 2.17. The molecular weight excluding hydrogens is 166 g/mol. The van der Waals surface area contributed by atoms with Gasteiger partial charge in [0.25, 0.3) is 5.01 Å². The zero-order valence-corrected chi connectivity index (χ0v) is 7.14. The summed E-state index contributed by atoms with van der Waals surface area (Å²) in [4.78, 5) is 0. The van der Waals surface area contributed by atoms with E-state index >= 15 is 0 Å². The predicted molar refractivity (Wildman–Crippen MR) is 51.1 cm³/mol. The van der Waals surface area contributed by atoms with Crippen LogP contribution in [0, 0.1) is 0 Å². The van der Waals surface area contributed by atoms with Gasteiger partial charge in [-0.25, -0.2) is 0 Å². The van der Waals surface area contributed by atoms with Crippen LogP contribution in [0.4, 0.5) is 0 Å². The minimum absolute atomic E-state index is 0.975. The maximum Gasteiger partial charge on any atom is 0.262 e. The smallest absolute Gasteiger partial charge is 0.178 e. The van der Waals surface area contributed by atoms with Gasteiger partial charge in [-0.15, -0.1) is 0 Å². The fourth-order valence-electron chi connectivity index (χ4n) is 1.43. The molecule has 0 atom stereocenters. The molecule has 2 aromatic rings. The normalized spacial score (nSPS) is 20.7. The molecule has 12 heavy (non-hydrogen) atoms. The zero-order chi connectivity index (χ0) is 9.76. The molecule has 0 radical (unpaired) electrons. The van der Waals surface area contributed by atoms with Crippen LogP contribution in [0.1, 0.15) is 7.75 Å². The summed E-state index contributed by atoms with van der Waals surface area (Å²) in [5.41, 5.74) is 0.975. The lowest BCUT2D eigenvalue weighted by molar-refractivity contribution is -0.654. The Bertz CT molecular complexity index is 542. The standard InChI is InChI=1S/C10H8NS/c1-2-5-9-8(4-1)11-7-3-6-10(11)12-9/h1-6H,7H2/q+1/i7D2. The molecule has 1 aromatic carbocycles. The summed E-state index contributed by atoms with van der Waals surface area (Å²) in [6.07, 6.45) is 3.45. The highest BCUT2D eigenvalue weighted by Gasteiger charge is 2.20. The van der Waals surface area contributed by atoms with Gasteiger partial charge >= 0.3 is 0 Å². The van der Waals surface area contributed by atoms with Crippen molar-refractivity contribution in [2.45, 2.75) is 6.50 Å². The summed E-state index contributed by atoms with van der Waals surface area (Å²) in [5.74, 6) is 0. The molecule has 1 aliphatic heterocycles. The van der Waals surface area contributed by atoms with E-state index in [9.17, 15) is 0 Å². The summed E-state index contributed by atoms with van der Waals surface area (Å²) in [7, 11) is 0. The van der Waals surface area contributed by atoms with Crippen LogP contribution in [0.25, 0.3) is 16.3 Å². The van der Waals surface area contributed by atoms with Crippen molar-refractivity contribution in [2.24, 2.45) is 0 Å². The molecule has 0 N–H and O–H groups in total. The average molecular weight is 176 g/mol. The van der Waals surface area contributed by atoms with Gasteiger partial charge in [0.15, 0.2) is 6.50 Å². The van der Waals surface area contributed by atoms with Gasteiger partial charge in [-0.1, -0.05) is 23.5 Å². The molecule has 0 saturated heterocycles. The average Bonchev–Trinajstić information content (AvgIpc) is 2.65. The molecule has 0 spiro atoms. The Morgan fingerprint density at radius 3 is 3.33 bits per heavy atom. The highest BCUT2D eigenvalue weighted by molar-refractivity contribution is 7.18. The minimum atomic E-state index is -1.37. The first kappa shape index (κ1) is 4.77. The van der Waals surface area contributed by atoms with Crippen molar-refractivity contribution in [3.05, 3.63) is 35.3 Å². The number of benzene rings is 1. The molecular formula is C10H8NS+. The molecule has 58 valence electrons. The van der Waals surface area contributed by atoms with Gasteiger partial charge in [0.05, 0.1) is 0 Å². The van der Waals surface area contributed by atoms with Gasteiger partial charge in [0, 0.05) is 12.1 Å². The first-order chi connectivity index (χ1) is 6.68. The number of para-hydroxylation sites is 1. The largest absolute Gasteiger partial charge is 0.262 e. The third-order valence-electron chi connectivity index (χ3n) is 1.97. The lowest BCUT2D eigenvalue weighted by Crippen LogP contribution is -2.30. The van der Waals surface area contributed by atoms with E-state index in [2.05, 4.69) is 0 Å². The van der Waals surface area contributed by atoms with Crippen LogP contribution in [-0.4, -0.2) is 0 Å². The Labute approximate surface area is 77.4 Å². The number of hydrogen-bond donors (Lipinski definition) is 0. The Kier molecular flexibility index (Phi) is 0.864. The zero-order valence-electron chi connectivity index (χ0n) is 8.32. The van der Waals surface area contributed by atoms with Gasteiger partial charge in [-0.2, -0.15) is 4.57 Å². The van der Waals surface area contributed by atoms with E-state index in [4.69, 9.17) is 2.74 Å². The molecule has 2 heteroatoms. The van der Waals surface area contributed by atoms with Gasteiger partial charge < -0.3 is 0 Å². The summed E-state index contributed by atoms with van der Waals surface area (Å²) in [6, 6.07) is 7.90. The van der Waals surface area contributed by atoms with Crippen LogP contribution in [-0.2, 0) is 6.50 Å². The fourth-order valence-corrected chi connectivity index (χ4v) is 2.44. The molecule has 0 unspecified atom stereocenters. The van der Waals surface area contributed by atoms with Gasteiger partial charge in [0.1, 0.15) is 7.44 Å². The molecule has 1 aliphatic rings. The van der Waals surface area contributed by atoms with Crippen molar-refractivity contribution < 1.29 is 7.31 Å². The molecule has 1 aromatic heterocycles. The first-order valence-corrected chi connectivity index (χ1v) is 4.63. The van der Waals surface area contributed by atoms with E-state index in [-0.39, 0.29) is 0 Å². The van der Waals surface area contributed by atoms with Gasteiger partial charge in [-0.3, -0.25) is 0 Å². The highest BCUT2D eigenvalue weighted by Crippen LogP contribution is 2.22. The number of fused-ring (bicyclic) bond motifs is 3. The Balaban J connectivity index is 2.45. The summed E-state index contributed by atoms with van der Waals surface area (Å²) in [5, 5.41) is 0.983. The fraction of sp³-hybridized carbons (Fsp3) is 0.100. The molecule has 3 rings (SSSR count). The van der Waals surface area contributed by atoms with E-state index in [1.807, 2.05) is 30.3 Å². The van der Waals surface area contributed by atoms with Gasteiger partial charge in [-0.05, 0) is 12.1 Å². The van der Waals surface area contributed by atoms with Crippen molar-refractivity contribution in [1.82, 2.24) is 0 Å². The Morgan fingerprint density at radius 2 is 2.33 bits per heavy atom. The topological polar surface area (TPSA) is 3.88 Å². The first-order valence-electron chi connectivity index (χ1n) is 4.82. The number of aromatic nitrogens is 1. The molecule has 2 heterocycles. The maximum atomic E-state index is 7.82. The minimum Gasteiger partial charge on any atom is -0.178 e. The number of allylic oxidation sites excluding steroid dienone is 1. The lowest BCUT2D eigenvalue weighted by Gasteiger charge is -1.85. The monoisotopic (exact) mass is 176 g/mol. The Hall–Kier alpha value is -1.15. The van der Waals surface area contributed by atoms with Crippen LogP contribution in [0.5, 0.6) is 0 Å².